The molecule has 0 unspecified atom stereocenters. The standard InChI is InChI=1S/C11H12O7P2/c12-19(13,14)11(20(15,16)17)18-10-7-3-5-8-4-1-2-6-9(8)10/h1-7,11H,(H2,12,13,14)(H2,15,16,17). The van der Waals surface area contributed by atoms with E-state index in [0.29, 0.717) is 5.39 Å². The zero-order valence-electron chi connectivity index (χ0n) is 10.0. The van der Waals surface area contributed by atoms with Gasteiger partial charge >= 0.3 is 15.2 Å². The Bertz CT molecular complexity index is 690. The number of benzene rings is 2. The van der Waals surface area contributed by atoms with E-state index in [4.69, 9.17) is 24.3 Å². The number of ether oxygens (including phenoxy) is 1. The Hall–Kier alpha value is -1.20. The van der Waals surface area contributed by atoms with Crippen molar-refractivity contribution in [3.8, 4) is 5.75 Å². The summed E-state index contributed by atoms with van der Waals surface area (Å²) in [5.41, 5.74) is -2.51. The number of fused-ring (bicyclic) bond motifs is 1. The highest BCUT2D eigenvalue weighted by Gasteiger charge is 2.46. The zero-order chi connectivity index (χ0) is 15.0. The molecule has 2 aromatic rings. The summed E-state index contributed by atoms with van der Waals surface area (Å²) >= 11 is 0. The first kappa shape index (κ1) is 15.2. The molecule has 0 radical (unpaired) electrons. The topological polar surface area (TPSA) is 124 Å². The fourth-order valence-corrected chi connectivity index (χ4v) is 3.81. The van der Waals surface area contributed by atoms with Crippen LogP contribution >= 0.6 is 15.2 Å². The first-order valence-electron chi connectivity index (χ1n) is 5.44. The summed E-state index contributed by atoms with van der Waals surface area (Å²) in [5, 5.41) is 1.22. The Balaban J connectivity index is 2.50. The lowest BCUT2D eigenvalue weighted by atomic mass is 10.1. The molecule has 108 valence electrons. The van der Waals surface area contributed by atoms with Crippen molar-refractivity contribution in [2.45, 2.75) is 5.59 Å². The van der Waals surface area contributed by atoms with Crippen molar-refractivity contribution in [2.24, 2.45) is 0 Å². The van der Waals surface area contributed by atoms with Crippen molar-refractivity contribution >= 4 is 26.0 Å². The number of rotatable bonds is 4. The molecule has 9 heteroatoms. The number of hydrogen-bond donors (Lipinski definition) is 4. The van der Waals surface area contributed by atoms with Crippen molar-refractivity contribution < 1.29 is 33.4 Å². The van der Waals surface area contributed by atoms with E-state index < -0.39 is 20.8 Å². The molecule has 0 saturated carbocycles. The second-order valence-corrected chi connectivity index (χ2v) is 7.80. The lowest BCUT2D eigenvalue weighted by Crippen LogP contribution is -2.17. The average molecular weight is 318 g/mol. The van der Waals surface area contributed by atoms with Gasteiger partial charge in [-0.3, -0.25) is 9.13 Å². The molecule has 0 heterocycles. The van der Waals surface area contributed by atoms with E-state index in [2.05, 4.69) is 0 Å². The van der Waals surface area contributed by atoms with Crippen LogP contribution in [-0.2, 0) is 9.13 Å². The van der Waals surface area contributed by atoms with Gasteiger partial charge in [-0.05, 0) is 11.5 Å². The Morgan fingerprint density at radius 1 is 0.850 bits per heavy atom. The monoisotopic (exact) mass is 318 g/mol. The van der Waals surface area contributed by atoms with Gasteiger partial charge in [-0.1, -0.05) is 36.4 Å². The molecule has 0 saturated heterocycles. The van der Waals surface area contributed by atoms with Crippen LogP contribution in [0.2, 0.25) is 0 Å². The zero-order valence-corrected chi connectivity index (χ0v) is 11.8. The van der Waals surface area contributed by atoms with E-state index >= 15 is 0 Å². The average Bonchev–Trinajstić information content (AvgIpc) is 2.33. The molecular weight excluding hydrogens is 306 g/mol. The summed E-state index contributed by atoms with van der Waals surface area (Å²) in [4.78, 5) is 36.2. The first-order chi connectivity index (χ1) is 9.19. The highest BCUT2D eigenvalue weighted by molar-refractivity contribution is 7.70. The first-order valence-corrected chi connectivity index (χ1v) is 8.81. The van der Waals surface area contributed by atoms with Gasteiger partial charge in [0.05, 0.1) is 0 Å². The molecule has 0 atom stereocenters. The molecule has 4 N–H and O–H groups in total. The molecule has 0 bridgehead atoms. The van der Waals surface area contributed by atoms with E-state index in [1.165, 1.54) is 6.07 Å². The lowest BCUT2D eigenvalue weighted by Gasteiger charge is -2.21. The van der Waals surface area contributed by atoms with Crippen LogP contribution in [0.1, 0.15) is 0 Å². The van der Waals surface area contributed by atoms with Crippen molar-refractivity contribution in [2.75, 3.05) is 0 Å². The number of hydrogen-bond acceptors (Lipinski definition) is 3. The molecule has 0 aliphatic heterocycles. The molecule has 0 aromatic heterocycles. The van der Waals surface area contributed by atoms with Crippen LogP contribution in [-0.4, -0.2) is 25.2 Å². The SMILES string of the molecule is O=P(O)(O)C(Oc1cccc2ccccc12)P(=O)(O)O. The maximum absolute atomic E-state index is 11.2. The third-order valence-electron chi connectivity index (χ3n) is 2.56. The summed E-state index contributed by atoms with van der Waals surface area (Å²) in [6.45, 7) is 0. The van der Waals surface area contributed by atoms with Crippen LogP contribution in [0.5, 0.6) is 5.75 Å². The molecule has 0 fully saturated rings. The van der Waals surface area contributed by atoms with Crippen LogP contribution in [0.25, 0.3) is 10.8 Å². The summed E-state index contributed by atoms with van der Waals surface area (Å²) in [6, 6.07) is 11.5. The second kappa shape index (κ2) is 5.30. The van der Waals surface area contributed by atoms with E-state index in [1.807, 2.05) is 0 Å². The smallest absolute Gasteiger partial charge is 0.378 e. The Morgan fingerprint density at radius 2 is 1.40 bits per heavy atom. The van der Waals surface area contributed by atoms with Crippen molar-refractivity contribution in [1.82, 2.24) is 0 Å². The summed E-state index contributed by atoms with van der Waals surface area (Å²) in [6.07, 6.45) is 0. The molecular formula is C11H12O7P2. The quantitative estimate of drug-likeness (QED) is 0.634. The molecule has 20 heavy (non-hydrogen) atoms. The van der Waals surface area contributed by atoms with Crippen LogP contribution in [0.3, 0.4) is 0 Å². The largest absolute Gasteiger partial charge is 0.464 e. The maximum Gasteiger partial charge on any atom is 0.378 e. The van der Waals surface area contributed by atoms with Gasteiger partial charge in [0.25, 0.3) is 5.59 Å². The predicted molar refractivity (Wildman–Crippen MR) is 72.5 cm³/mol. The van der Waals surface area contributed by atoms with Gasteiger partial charge in [-0.15, -0.1) is 0 Å². The molecule has 0 aliphatic carbocycles. The third kappa shape index (κ3) is 3.27. The van der Waals surface area contributed by atoms with E-state index in [-0.39, 0.29) is 5.75 Å². The Morgan fingerprint density at radius 3 is 2.00 bits per heavy atom. The van der Waals surface area contributed by atoms with Gasteiger partial charge in [0, 0.05) is 5.39 Å². The second-order valence-electron chi connectivity index (χ2n) is 4.10. The summed E-state index contributed by atoms with van der Waals surface area (Å²) in [5.74, 6) is -0.000231. The van der Waals surface area contributed by atoms with Crippen LogP contribution in [0, 0.1) is 0 Å². The molecule has 0 aliphatic rings. The highest BCUT2D eigenvalue weighted by atomic mass is 31.2. The minimum Gasteiger partial charge on any atom is -0.464 e. The van der Waals surface area contributed by atoms with Gasteiger partial charge in [0.1, 0.15) is 5.75 Å². The minimum atomic E-state index is -5.13. The van der Waals surface area contributed by atoms with Crippen molar-refractivity contribution in [3.63, 3.8) is 0 Å². The van der Waals surface area contributed by atoms with Gasteiger partial charge in [0.15, 0.2) is 0 Å². The molecule has 2 rings (SSSR count). The third-order valence-corrected chi connectivity index (χ3v) is 5.72. The molecule has 7 nitrogen and oxygen atoms in total. The van der Waals surface area contributed by atoms with E-state index in [1.54, 1.807) is 36.4 Å². The van der Waals surface area contributed by atoms with Crippen molar-refractivity contribution in [1.29, 1.82) is 0 Å². The van der Waals surface area contributed by atoms with Crippen LogP contribution in [0.15, 0.2) is 42.5 Å². The van der Waals surface area contributed by atoms with Gasteiger partial charge in [-0.2, -0.15) is 0 Å². The molecule has 0 amide bonds. The fraction of sp³-hybridized carbons (Fsp3) is 0.0909. The van der Waals surface area contributed by atoms with Crippen molar-refractivity contribution in [3.05, 3.63) is 42.5 Å². The predicted octanol–water partition coefficient (Wildman–Crippen LogP) is 1.86. The van der Waals surface area contributed by atoms with Gasteiger partial charge in [0.2, 0.25) is 0 Å². The van der Waals surface area contributed by atoms with Gasteiger partial charge in [-0.25, -0.2) is 0 Å². The fourth-order valence-electron chi connectivity index (χ4n) is 1.75. The Labute approximate surface area is 114 Å². The summed E-state index contributed by atoms with van der Waals surface area (Å²) < 4.78 is 27.3. The summed E-state index contributed by atoms with van der Waals surface area (Å²) in [7, 11) is -10.3. The Kier molecular flexibility index (Phi) is 4.02. The molecule has 2 aromatic carbocycles. The minimum absolute atomic E-state index is 0.000231. The van der Waals surface area contributed by atoms with E-state index in [9.17, 15) is 9.13 Å². The molecule has 0 spiro atoms. The maximum atomic E-state index is 11.2. The van der Waals surface area contributed by atoms with Crippen LogP contribution < -0.4 is 4.74 Å². The van der Waals surface area contributed by atoms with Crippen LogP contribution in [0.4, 0.5) is 0 Å². The lowest BCUT2D eigenvalue weighted by molar-refractivity contribution is 0.237. The highest BCUT2D eigenvalue weighted by Crippen LogP contribution is 2.60. The van der Waals surface area contributed by atoms with E-state index in [0.717, 1.165) is 5.39 Å². The normalized spacial score (nSPS) is 12.8. The van der Waals surface area contributed by atoms with Gasteiger partial charge < -0.3 is 24.3 Å².